The first-order chi connectivity index (χ1) is 8.31. The van der Waals surface area contributed by atoms with Gasteiger partial charge in [0.05, 0.1) is 11.1 Å². The van der Waals surface area contributed by atoms with Crippen LogP contribution < -0.4 is 0 Å². The molecule has 5 heteroatoms. The van der Waals surface area contributed by atoms with Gasteiger partial charge in [0.2, 0.25) is 0 Å². The summed E-state index contributed by atoms with van der Waals surface area (Å²) in [4.78, 5) is 22.5. The summed E-state index contributed by atoms with van der Waals surface area (Å²) in [6.45, 7) is 5.45. The maximum Gasteiger partial charge on any atom is 0.336 e. The molecule has 4 nitrogen and oxygen atoms in total. The third-order valence-electron chi connectivity index (χ3n) is 2.84. The average molecular weight is 271 g/mol. The minimum atomic E-state index is -1.16. The number of carbonyl (C=O) groups is 2. The second-order valence-corrected chi connectivity index (χ2v) is 4.67. The van der Waals surface area contributed by atoms with Crippen LogP contribution in [0.2, 0.25) is 0 Å². The number of benzene rings is 1. The lowest BCUT2D eigenvalue weighted by atomic mass is 9.87. The molecule has 0 aliphatic heterocycles. The SMILES string of the molecule is Cc1cc(C(=O)O)c(CCl)c(C(=O)O)c1C(C)C. The molecular formula is C13H15ClO4. The van der Waals surface area contributed by atoms with E-state index in [1.807, 2.05) is 13.8 Å². The number of hydrogen-bond acceptors (Lipinski definition) is 2. The summed E-state index contributed by atoms with van der Waals surface area (Å²) in [5.41, 5.74) is 1.46. The molecule has 0 aliphatic carbocycles. The summed E-state index contributed by atoms with van der Waals surface area (Å²) in [6.07, 6.45) is 0. The Labute approximate surface area is 110 Å². The van der Waals surface area contributed by atoms with E-state index in [0.717, 1.165) is 0 Å². The first-order valence-corrected chi connectivity index (χ1v) is 6.03. The number of carboxylic acid groups (broad SMARTS) is 2. The topological polar surface area (TPSA) is 74.6 Å². The highest BCUT2D eigenvalue weighted by Crippen LogP contribution is 2.30. The van der Waals surface area contributed by atoms with E-state index < -0.39 is 11.9 Å². The van der Waals surface area contributed by atoms with Crippen molar-refractivity contribution in [2.45, 2.75) is 32.6 Å². The summed E-state index contributed by atoms with van der Waals surface area (Å²) in [7, 11) is 0. The lowest BCUT2D eigenvalue weighted by Gasteiger charge is -2.18. The van der Waals surface area contributed by atoms with Crippen LogP contribution in [-0.2, 0) is 5.88 Å². The zero-order valence-electron chi connectivity index (χ0n) is 10.5. The van der Waals surface area contributed by atoms with Crippen molar-refractivity contribution in [2.75, 3.05) is 0 Å². The Hall–Kier alpha value is -1.55. The van der Waals surface area contributed by atoms with E-state index in [-0.39, 0.29) is 28.5 Å². The summed E-state index contributed by atoms with van der Waals surface area (Å²) in [6, 6.07) is 1.49. The van der Waals surface area contributed by atoms with Crippen LogP contribution in [0.5, 0.6) is 0 Å². The van der Waals surface area contributed by atoms with E-state index in [0.29, 0.717) is 11.1 Å². The number of halogens is 1. The number of hydrogen-bond donors (Lipinski definition) is 2. The van der Waals surface area contributed by atoms with Crippen molar-refractivity contribution in [1.29, 1.82) is 0 Å². The van der Waals surface area contributed by atoms with Crippen molar-refractivity contribution >= 4 is 23.5 Å². The normalized spacial score (nSPS) is 10.7. The fourth-order valence-corrected chi connectivity index (χ4v) is 2.47. The molecule has 1 rings (SSSR count). The van der Waals surface area contributed by atoms with E-state index in [4.69, 9.17) is 16.7 Å². The average Bonchev–Trinajstić information content (AvgIpc) is 2.26. The van der Waals surface area contributed by atoms with E-state index in [9.17, 15) is 14.7 Å². The van der Waals surface area contributed by atoms with Crippen molar-refractivity contribution in [2.24, 2.45) is 0 Å². The minimum absolute atomic E-state index is 0.0130. The minimum Gasteiger partial charge on any atom is -0.478 e. The van der Waals surface area contributed by atoms with Crippen LogP contribution in [0, 0.1) is 6.92 Å². The molecule has 0 bridgehead atoms. The monoisotopic (exact) mass is 270 g/mol. The molecule has 18 heavy (non-hydrogen) atoms. The number of alkyl halides is 1. The van der Waals surface area contributed by atoms with Gasteiger partial charge in [0.25, 0.3) is 0 Å². The first-order valence-electron chi connectivity index (χ1n) is 5.50. The Morgan fingerprint density at radius 1 is 1.28 bits per heavy atom. The molecule has 98 valence electrons. The van der Waals surface area contributed by atoms with E-state index in [1.165, 1.54) is 6.07 Å². The van der Waals surface area contributed by atoms with Crippen LogP contribution in [-0.4, -0.2) is 22.2 Å². The Morgan fingerprint density at radius 3 is 2.17 bits per heavy atom. The number of rotatable bonds is 4. The van der Waals surface area contributed by atoms with Crippen LogP contribution in [0.25, 0.3) is 0 Å². The lowest BCUT2D eigenvalue weighted by molar-refractivity contribution is 0.0694. The Balaban J connectivity index is 3.78. The van der Waals surface area contributed by atoms with Crippen LogP contribution >= 0.6 is 11.6 Å². The molecule has 1 aromatic rings. The van der Waals surface area contributed by atoms with Crippen molar-refractivity contribution < 1.29 is 19.8 Å². The lowest BCUT2D eigenvalue weighted by Crippen LogP contribution is -2.14. The number of carboxylic acids is 2. The smallest absolute Gasteiger partial charge is 0.336 e. The largest absolute Gasteiger partial charge is 0.478 e. The van der Waals surface area contributed by atoms with Crippen LogP contribution in [0.4, 0.5) is 0 Å². The third-order valence-corrected chi connectivity index (χ3v) is 3.10. The van der Waals surface area contributed by atoms with Gasteiger partial charge in [0, 0.05) is 5.88 Å². The van der Waals surface area contributed by atoms with Gasteiger partial charge in [-0.1, -0.05) is 13.8 Å². The summed E-state index contributed by atoms with van der Waals surface area (Å²) in [5.74, 6) is -2.45. The summed E-state index contributed by atoms with van der Waals surface area (Å²) >= 11 is 5.73. The molecule has 0 spiro atoms. The second-order valence-electron chi connectivity index (χ2n) is 4.41. The third kappa shape index (κ3) is 2.48. The van der Waals surface area contributed by atoms with Crippen LogP contribution in [0.3, 0.4) is 0 Å². The molecule has 0 unspecified atom stereocenters. The van der Waals surface area contributed by atoms with Gasteiger partial charge in [0.15, 0.2) is 0 Å². The highest BCUT2D eigenvalue weighted by Gasteiger charge is 2.24. The van der Waals surface area contributed by atoms with Crippen molar-refractivity contribution in [3.05, 3.63) is 33.9 Å². The van der Waals surface area contributed by atoms with Gasteiger partial charge in [0.1, 0.15) is 0 Å². The highest BCUT2D eigenvalue weighted by molar-refractivity contribution is 6.18. The number of aryl methyl sites for hydroxylation is 1. The van der Waals surface area contributed by atoms with Crippen LogP contribution in [0.15, 0.2) is 6.07 Å². The molecule has 0 aliphatic rings. The Morgan fingerprint density at radius 2 is 1.83 bits per heavy atom. The molecule has 0 aromatic heterocycles. The molecule has 0 saturated carbocycles. The van der Waals surface area contributed by atoms with Gasteiger partial charge in [-0.25, -0.2) is 9.59 Å². The highest BCUT2D eigenvalue weighted by atomic mass is 35.5. The fourth-order valence-electron chi connectivity index (χ4n) is 2.19. The summed E-state index contributed by atoms with van der Waals surface area (Å²) in [5, 5.41) is 18.4. The quantitative estimate of drug-likeness (QED) is 0.824. The van der Waals surface area contributed by atoms with Crippen molar-refractivity contribution in [1.82, 2.24) is 0 Å². The van der Waals surface area contributed by atoms with E-state index in [1.54, 1.807) is 6.92 Å². The van der Waals surface area contributed by atoms with Gasteiger partial charge >= 0.3 is 11.9 Å². The van der Waals surface area contributed by atoms with Crippen molar-refractivity contribution in [3.8, 4) is 0 Å². The van der Waals surface area contributed by atoms with Gasteiger partial charge in [-0.2, -0.15) is 0 Å². The van der Waals surface area contributed by atoms with E-state index in [2.05, 4.69) is 0 Å². The molecule has 2 N–H and O–H groups in total. The molecule has 0 saturated heterocycles. The standard InChI is InChI=1S/C13H15ClO4/c1-6(2)10-7(3)4-8(12(15)16)9(5-14)11(10)13(17)18/h4,6H,5H2,1-3H3,(H,15,16)(H,17,18). The Kier molecular flexibility index (Phi) is 4.35. The summed E-state index contributed by atoms with van der Waals surface area (Å²) < 4.78 is 0. The molecule has 0 fully saturated rings. The van der Waals surface area contributed by atoms with Gasteiger partial charge < -0.3 is 10.2 Å². The van der Waals surface area contributed by atoms with Gasteiger partial charge in [-0.05, 0) is 35.6 Å². The molecular weight excluding hydrogens is 256 g/mol. The predicted molar refractivity (Wildman–Crippen MR) is 68.7 cm³/mol. The molecule has 0 amide bonds. The maximum absolute atomic E-state index is 11.4. The predicted octanol–water partition coefficient (Wildman–Crippen LogP) is 3.25. The second kappa shape index (κ2) is 5.40. The maximum atomic E-state index is 11.4. The zero-order chi connectivity index (χ0) is 14.0. The zero-order valence-corrected chi connectivity index (χ0v) is 11.2. The fraction of sp³-hybridized carbons (Fsp3) is 0.385. The van der Waals surface area contributed by atoms with Crippen molar-refractivity contribution in [3.63, 3.8) is 0 Å². The number of aromatic carboxylic acids is 2. The first kappa shape index (κ1) is 14.5. The molecule has 0 radical (unpaired) electrons. The Bertz CT molecular complexity index is 506. The van der Waals surface area contributed by atoms with E-state index >= 15 is 0 Å². The molecule has 1 aromatic carbocycles. The molecule has 0 heterocycles. The molecule has 0 atom stereocenters. The van der Waals surface area contributed by atoms with Gasteiger partial charge in [-0.15, -0.1) is 11.6 Å². The van der Waals surface area contributed by atoms with Gasteiger partial charge in [-0.3, -0.25) is 0 Å². The van der Waals surface area contributed by atoms with Crippen LogP contribution in [0.1, 0.15) is 57.2 Å².